The maximum atomic E-state index is 12.5. The molecular formula is C23H22N2O8S. The summed E-state index contributed by atoms with van der Waals surface area (Å²) in [4.78, 5) is 63.4. The van der Waals surface area contributed by atoms with Gasteiger partial charge in [0.1, 0.15) is 16.1 Å². The van der Waals surface area contributed by atoms with Gasteiger partial charge in [-0.3, -0.25) is 9.59 Å². The number of carbonyl (C=O) groups is 4. The minimum Gasteiger partial charge on any atom is -0.462 e. The second-order valence-corrected chi connectivity index (χ2v) is 8.31. The maximum absolute atomic E-state index is 12.5. The maximum Gasteiger partial charge on any atom is 0.351 e. The highest BCUT2D eigenvalue weighted by atomic mass is 32.1. The van der Waals surface area contributed by atoms with Crippen LogP contribution in [0.2, 0.25) is 0 Å². The zero-order valence-electron chi connectivity index (χ0n) is 18.9. The fourth-order valence-corrected chi connectivity index (χ4v) is 4.27. The summed E-state index contributed by atoms with van der Waals surface area (Å²) in [5, 5.41) is 3.09. The van der Waals surface area contributed by atoms with Crippen molar-refractivity contribution >= 4 is 51.1 Å². The topological polar surface area (TPSA) is 132 Å². The molecule has 1 N–H and O–H groups in total. The molecule has 0 saturated carbocycles. The van der Waals surface area contributed by atoms with Gasteiger partial charge in [-0.1, -0.05) is 18.2 Å². The number of carbonyl (C=O) groups excluding carboxylic acids is 4. The standard InChI is InChI=1S/C23H22N2O8S/c1-5-31-23(30)17-12(2)18(20(27)25(3)4)34-19(17)24-16(26)11-32-21(28)14-10-13-8-6-7-9-15(13)33-22(14)29/h6-10H,5,11H2,1-4H3,(H,24,26). The molecule has 0 unspecified atom stereocenters. The second kappa shape index (κ2) is 10.3. The number of para-hydroxylation sites is 1. The molecule has 10 nitrogen and oxygen atoms in total. The summed E-state index contributed by atoms with van der Waals surface area (Å²) in [7, 11) is 3.12. The molecule has 0 saturated heterocycles. The van der Waals surface area contributed by atoms with Gasteiger partial charge in [0.05, 0.1) is 17.0 Å². The molecular weight excluding hydrogens is 464 g/mol. The van der Waals surface area contributed by atoms with Crippen molar-refractivity contribution in [3.05, 3.63) is 62.3 Å². The monoisotopic (exact) mass is 486 g/mol. The predicted molar refractivity (Wildman–Crippen MR) is 124 cm³/mol. The van der Waals surface area contributed by atoms with Crippen LogP contribution in [0.3, 0.4) is 0 Å². The van der Waals surface area contributed by atoms with Gasteiger partial charge in [0, 0.05) is 19.5 Å². The molecule has 0 fully saturated rings. The van der Waals surface area contributed by atoms with Crippen LogP contribution in [-0.2, 0) is 14.3 Å². The van der Waals surface area contributed by atoms with Gasteiger partial charge >= 0.3 is 17.6 Å². The Morgan fingerprint density at radius 3 is 2.47 bits per heavy atom. The zero-order valence-corrected chi connectivity index (χ0v) is 19.7. The van der Waals surface area contributed by atoms with E-state index >= 15 is 0 Å². The first-order valence-electron chi connectivity index (χ1n) is 10.2. The first-order valence-corrected chi connectivity index (χ1v) is 11.0. The smallest absolute Gasteiger partial charge is 0.351 e. The quantitative estimate of drug-likeness (QED) is 0.398. The number of amides is 2. The van der Waals surface area contributed by atoms with Gasteiger partial charge in [-0.2, -0.15) is 0 Å². The highest BCUT2D eigenvalue weighted by molar-refractivity contribution is 7.18. The molecule has 0 bridgehead atoms. The van der Waals surface area contributed by atoms with E-state index < -0.39 is 30.1 Å². The van der Waals surface area contributed by atoms with Crippen LogP contribution in [0.25, 0.3) is 11.0 Å². The van der Waals surface area contributed by atoms with Gasteiger partial charge in [0.2, 0.25) is 0 Å². The van der Waals surface area contributed by atoms with E-state index in [1.807, 2.05) is 0 Å². The summed E-state index contributed by atoms with van der Waals surface area (Å²) in [6.45, 7) is 2.58. The van der Waals surface area contributed by atoms with Gasteiger partial charge in [-0.25, -0.2) is 14.4 Å². The molecule has 2 aromatic heterocycles. The molecule has 0 aliphatic heterocycles. The number of ether oxygens (including phenoxy) is 2. The fourth-order valence-electron chi connectivity index (χ4n) is 3.03. The Bertz CT molecular complexity index is 1340. The van der Waals surface area contributed by atoms with Gasteiger partial charge in [0.25, 0.3) is 11.8 Å². The van der Waals surface area contributed by atoms with Crippen molar-refractivity contribution in [3.8, 4) is 0 Å². The van der Waals surface area contributed by atoms with Crippen molar-refractivity contribution in [2.24, 2.45) is 0 Å². The Morgan fingerprint density at radius 1 is 1.09 bits per heavy atom. The molecule has 1 aromatic carbocycles. The third-order valence-corrected chi connectivity index (χ3v) is 5.87. The Morgan fingerprint density at radius 2 is 1.79 bits per heavy atom. The third kappa shape index (κ3) is 5.15. The summed E-state index contributed by atoms with van der Waals surface area (Å²) < 4.78 is 15.1. The van der Waals surface area contributed by atoms with Crippen LogP contribution in [0.4, 0.5) is 5.00 Å². The van der Waals surface area contributed by atoms with Crippen LogP contribution < -0.4 is 10.9 Å². The first kappa shape index (κ1) is 24.6. The number of fused-ring (bicyclic) bond motifs is 1. The Balaban J connectivity index is 1.78. The minimum atomic E-state index is -1.04. The molecule has 178 valence electrons. The molecule has 2 amide bonds. The van der Waals surface area contributed by atoms with Gasteiger partial charge in [-0.15, -0.1) is 11.3 Å². The van der Waals surface area contributed by atoms with Crippen LogP contribution in [0, 0.1) is 6.92 Å². The normalized spacial score (nSPS) is 10.6. The second-order valence-electron chi connectivity index (χ2n) is 7.29. The van der Waals surface area contributed by atoms with Crippen LogP contribution in [0.5, 0.6) is 0 Å². The van der Waals surface area contributed by atoms with E-state index in [2.05, 4.69) is 5.32 Å². The molecule has 11 heteroatoms. The summed E-state index contributed by atoms with van der Waals surface area (Å²) >= 11 is 0.910. The predicted octanol–water partition coefficient (Wildman–Crippen LogP) is 2.84. The lowest BCUT2D eigenvalue weighted by molar-refractivity contribution is -0.119. The molecule has 0 atom stereocenters. The largest absolute Gasteiger partial charge is 0.462 e. The summed E-state index contributed by atoms with van der Waals surface area (Å²) in [5.74, 6) is -2.85. The highest BCUT2D eigenvalue weighted by Gasteiger charge is 2.27. The SMILES string of the molecule is CCOC(=O)c1c(NC(=O)COC(=O)c2cc3ccccc3oc2=O)sc(C(=O)N(C)C)c1C. The van der Waals surface area contributed by atoms with Crippen molar-refractivity contribution in [2.75, 3.05) is 32.6 Å². The van der Waals surface area contributed by atoms with Crippen molar-refractivity contribution in [1.29, 1.82) is 0 Å². The summed E-state index contributed by atoms with van der Waals surface area (Å²) in [6, 6.07) is 7.96. The molecule has 3 rings (SSSR count). The molecule has 0 radical (unpaired) electrons. The van der Waals surface area contributed by atoms with Gasteiger partial charge in [0.15, 0.2) is 6.61 Å². The number of benzene rings is 1. The number of hydrogen-bond acceptors (Lipinski definition) is 9. The van der Waals surface area contributed by atoms with E-state index in [0.717, 1.165) is 11.3 Å². The van der Waals surface area contributed by atoms with E-state index in [4.69, 9.17) is 13.9 Å². The lowest BCUT2D eigenvalue weighted by Gasteiger charge is -2.09. The molecule has 0 aliphatic rings. The average molecular weight is 487 g/mol. The van der Waals surface area contributed by atoms with Crippen LogP contribution in [0.15, 0.2) is 39.5 Å². The van der Waals surface area contributed by atoms with Crippen molar-refractivity contribution < 1.29 is 33.1 Å². The van der Waals surface area contributed by atoms with E-state index in [0.29, 0.717) is 16.5 Å². The third-order valence-electron chi connectivity index (χ3n) is 4.68. The lowest BCUT2D eigenvalue weighted by atomic mass is 10.1. The lowest BCUT2D eigenvalue weighted by Crippen LogP contribution is -2.24. The minimum absolute atomic E-state index is 0.0481. The number of thiophene rings is 1. The molecule has 0 spiro atoms. The molecule has 3 aromatic rings. The van der Waals surface area contributed by atoms with Gasteiger partial charge in [-0.05, 0) is 31.5 Å². The Hall–Kier alpha value is -3.99. The van der Waals surface area contributed by atoms with E-state index in [1.165, 1.54) is 11.0 Å². The van der Waals surface area contributed by atoms with E-state index in [-0.39, 0.29) is 33.5 Å². The van der Waals surface area contributed by atoms with E-state index in [1.54, 1.807) is 52.2 Å². The Labute approximate surface area is 198 Å². The zero-order chi connectivity index (χ0) is 25.0. The highest BCUT2D eigenvalue weighted by Crippen LogP contribution is 2.34. The first-order chi connectivity index (χ1) is 16.1. The van der Waals surface area contributed by atoms with E-state index in [9.17, 15) is 24.0 Å². The fraction of sp³-hybridized carbons (Fsp3) is 0.261. The van der Waals surface area contributed by atoms with Crippen molar-refractivity contribution in [1.82, 2.24) is 4.90 Å². The summed E-state index contributed by atoms with van der Waals surface area (Å²) in [6.07, 6.45) is 0. The van der Waals surface area contributed by atoms with Crippen molar-refractivity contribution in [2.45, 2.75) is 13.8 Å². The molecule has 0 aliphatic carbocycles. The number of nitrogens with one attached hydrogen (secondary N) is 1. The summed E-state index contributed by atoms with van der Waals surface area (Å²) in [5.41, 5.74) is -0.529. The Kier molecular flexibility index (Phi) is 7.47. The average Bonchev–Trinajstić information content (AvgIpc) is 3.11. The van der Waals surface area contributed by atoms with Crippen LogP contribution >= 0.6 is 11.3 Å². The number of hydrogen-bond donors (Lipinski definition) is 1. The number of rotatable bonds is 7. The molecule has 2 heterocycles. The number of anilines is 1. The van der Waals surface area contributed by atoms with Gasteiger partial charge < -0.3 is 24.1 Å². The van der Waals surface area contributed by atoms with Crippen molar-refractivity contribution in [3.63, 3.8) is 0 Å². The number of esters is 2. The van der Waals surface area contributed by atoms with Crippen LogP contribution in [0.1, 0.15) is 42.9 Å². The molecule has 34 heavy (non-hydrogen) atoms. The van der Waals surface area contributed by atoms with Crippen LogP contribution in [-0.4, -0.2) is 56.0 Å². The number of nitrogens with zero attached hydrogens (tertiary/aromatic N) is 1.